The van der Waals surface area contributed by atoms with E-state index in [0.717, 1.165) is 31.9 Å². The molecule has 1 heterocycles. The molecule has 4 heteroatoms. The van der Waals surface area contributed by atoms with Crippen LogP contribution in [0.5, 0.6) is 5.75 Å². The quantitative estimate of drug-likeness (QED) is 0.894. The number of ether oxygens (including phenoxy) is 1. The third-order valence-electron chi connectivity index (χ3n) is 3.58. The van der Waals surface area contributed by atoms with Gasteiger partial charge in [-0.3, -0.25) is 4.79 Å². The molecule has 1 amide bonds. The molecule has 110 valence electrons. The van der Waals surface area contributed by atoms with Crippen molar-refractivity contribution < 1.29 is 9.53 Å². The monoisotopic (exact) mass is 276 g/mol. The first-order valence-corrected chi connectivity index (χ1v) is 7.38. The Morgan fingerprint density at radius 1 is 1.30 bits per heavy atom. The fraction of sp³-hybridized carbons (Fsp3) is 0.562. The summed E-state index contributed by atoms with van der Waals surface area (Å²) in [6.07, 6.45) is 0.451. The van der Waals surface area contributed by atoms with Crippen LogP contribution in [0.4, 0.5) is 0 Å². The molecule has 1 aromatic carbocycles. The van der Waals surface area contributed by atoms with E-state index in [0.29, 0.717) is 18.9 Å². The number of nitrogens with zero attached hydrogens (tertiary/aromatic N) is 1. The van der Waals surface area contributed by atoms with E-state index in [2.05, 4.69) is 25.2 Å². The Bertz CT molecular complexity index is 440. The van der Waals surface area contributed by atoms with Crippen LogP contribution in [0.25, 0.3) is 0 Å². The molecule has 0 radical (unpaired) electrons. The molecule has 1 aliphatic rings. The van der Waals surface area contributed by atoms with Gasteiger partial charge in [-0.25, -0.2) is 0 Å². The van der Waals surface area contributed by atoms with Gasteiger partial charge in [0.25, 0.3) is 0 Å². The zero-order valence-electron chi connectivity index (χ0n) is 12.4. The second-order valence-corrected chi connectivity index (χ2v) is 5.42. The molecule has 1 N–H and O–H groups in total. The predicted octanol–water partition coefficient (Wildman–Crippen LogP) is 2.01. The summed E-state index contributed by atoms with van der Waals surface area (Å²) in [6.45, 7) is 8.14. The zero-order valence-corrected chi connectivity index (χ0v) is 12.4. The maximum Gasteiger partial charge on any atom is 0.226 e. The predicted molar refractivity (Wildman–Crippen MR) is 80.1 cm³/mol. The summed E-state index contributed by atoms with van der Waals surface area (Å²) in [5.41, 5.74) is 1.20. The average molecular weight is 276 g/mol. The number of carbonyl (C=O) groups excluding carboxylic acids is 1. The molecule has 2 rings (SSSR count). The van der Waals surface area contributed by atoms with Crippen molar-refractivity contribution in [2.24, 2.45) is 0 Å². The summed E-state index contributed by atoms with van der Waals surface area (Å²) < 4.78 is 5.80. The highest BCUT2D eigenvalue weighted by molar-refractivity contribution is 5.76. The van der Waals surface area contributed by atoms with Gasteiger partial charge in [0.05, 0.1) is 13.0 Å². The van der Waals surface area contributed by atoms with E-state index in [-0.39, 0.29) is 5.91 Å². The Balaban J connectivity index is 1.82. The smallest absolute Gasteiger partial charge is 0.226 e. The summed E-state index contributed by atoms with van der Waals surface area (Å²) >= 11 is 0. The number of hydrogen-bond donors (Lipinski definition) is 1. The summed E-state index contributed by atoms with van der Waals surface area (Å²) in [6, 6.07) is 8.05. The number of hydrogen-bond acceptors (Lipinski definition) is 3. The number of para-hydroxylation sites is 1. The molecule has 0 aromatic heterocycles. The Labute approximate surface area is 121 Å². The lowest BCUT2D eigenvalue weighted by Crippen LogP contribution is -2.46. The van der Waals surface area contributed by atoms with E-state index >= 15 is 0 Å². The van der Waals surface area contributed by atoms with Crippen molar-refractivity contribution in [3.63, 3.8) is 0 Å². The molecule has 0 aliphatic carbocycles. The van der Waals surface area contributed by atoms with E-state index in [1.807, 2.05) is 23.1 Å². The second-order valence-electron chi connectivity index (χ2n) is 5.42. The molecule has 20 heavy (non-hydrogen) atoms. The van der Waals surface area contributed by atoms with Gasteiger partial charge in [-0.1, -0.05) is 32.0 Å². The van der Waals surface area contributed by atoms with Crippen LogP contribution in [0, 0.1) is 0 Å². The van der Waals surface area contributed by atoms with Crippen molar-refractivity contribution in [1.29, 1.82) is 0 Å². The van der Waals surface area contributed by atoms with Crippen LogP contribution in [0.1, 0.15) is 31.7 Å². The van der Waals surface area contributed by atoms with Crippen LogP contribution in [-0.2, 0) is 4.79 Å². The largest absolute Gasteiger partial charge is 0.493 e. The minimum absolute atomic E-state index is 0.188. The Morgan fingerprint density at radius 2 is 2.00 bits per heavy atom. The summed E-state index contributed by atoms with van der Waals surface area (Å²) in [5, 5.41) is 3.25. The van der Waals surface area contributed by atoms with E-state index in [1.54, 1.807) is 0 Å². The topological polar surface area (TPSA) is 41.6 Å². The molecule has 0 saturated carbocycles. The van der Waals surface area contributed by atoms with Crippen LogP contribution < -0.4 is 10.1 Å². The lowest BCUT2D eigenvalue weighted by molar-refractivity contribution is -0.132. The van der Waals surface area contributed by atoms with Crippen LogP contribution in [0.3, 0.4) is 0 Å². The molecule has 0 unspecified atom stereocenters. The van der Waals surface area contributed by atoms with E-state index in [4.69, 9.17) is 4.74 Å². The van der Waals surface area contributed by atoms with Gasteiger partial charge in [-0.05, 0) is 17.5 Å². The van der Waals surface area contributed by atoms with Gasteiger partial charge in [0, 0.05) is 26.2 Å². The van der Waals surface area contributed by atoms with E-state index < -0.39 is 0 Å². The van der Waals surface area contributed by atoms with Crippen molar-refractivity contribution >= 4 is 5.91 Å². The molecular weight excluding hydrogens is 252 g/mol. The van der Waals surface area contributed by atoms with Crippen molar-refractivity contribution in [2.75, 3.05) is 32.8 Å². The zero-order chi connectivity index (χ0) is 14.4. The van der Waals surface area contributed by atoms with Crippen molar-refractivity contribution in [3.05, 3.63) is 29.8 Å². The van der Waals surface area contributed by atoms with Crippen molar-refractivity contribution in [2.45, 2.75) is 26.2 Å². The Morgan fingerprint density at radius 3 is 2.70 bits per heavy atom. The van der Waals surface area contributed by atoms with Gasteiger partial charge in [0.1, 0.15) is 5.75 Å². The third-order valence-corrected chi connectivity index (χ3v) is 3.58. The highest BCUT2D eigenvalue weighted by Gasteiger charge is 2.16. The first-order chi connectivity index (χ1) is 9.68. The van der Waals surface area contributed by atoms with Gasteiger partial charge in [-0.2, -0.15) is 0 Å². The molecular formula is C16H24N2O2. The number of carbonyl (C=O) groups is 1. The molecule has 1 saturated heterocycles. The standard InChI is InChI=1S/C16H24N2O2/c1-13(2)14-5-3-4-6-15(14)20-12-7-16(19)18-10-8-17-9-11-18/h3-6,13,17H,7-12H2,1-2H3. The molecule has 0 spiro atoms. The first-order valence-electron chi connectivity index (χ1n) is 7.38. The molecule has 1 fully saturated rings. The van der Waals surface area contributed by atoms with Gasteiger partial charge in [-0.15, -0.1) is 0 Å². The van der Waals surface area contributed by atoms with Crippen LogP contribution in [-0.4, -0.2) is 43.6 Å². The summed E-state index contributed by atoms with van der Waals surface area (Å²) in [7, 11) is 0. The first kappa shape index (κ1) is 14.9. The second kappa shape index (κ2) is 7.29. The van der Waals surface area contributed by atoms with Crippen molar-refractivity contribution in [3.8, 4) is 5.75 Å². The van der Waals surface area contributed by atoms with Crippen LogP contribution >= 0.6 is 0 Å². The van der Waals surface area contributed by atoms with Crippen LogP contribution in [0.2, 0.25) is 0 Å². The van der Waals surface area contributed by atoms with E-state index in [1.165, 1.54) is 5.56 Å². The Hall–Kier alpha value is -1.55. The maximum absolute atomic E-state index is 12.0. The SMILES string of the molecule is CC(C)c1ccccc1OCCC(=O)N1CCNCC1. The average Bonchev–Trinajstić information content (AvgIpc) is 2.48. The Kier molecular flexibility index (Phi) is 5.41. The van der Waals surface area contributed by atoms with E-state index in [9.17, 15) is 4.79 Å². The molecule has 1 aliphatic heterocycles. The lowest BCUT2D eigenvalue weighted by Gasteiger charge is -2.27. The fourth-order valence-corrected chi connectivity index (χ4v) is 2.41. The molecule has 0 atom stereocenters. The minimum Gasteiger partial charge on any atom is -0.493 e. The maximum atomic E-state index is 12.0. The van der Waals surface area contributed by atoms with Gasteiger partial charge in [0.15, 0.2) is 0 Å². The number of rotatable bonds is 5. The minimum atomic E-state index is 0.188. The summed E-state index contributed by atoms with van der Waals surface area (Å²) in [5.74, 6) is 1.51. The number of nitrogens with one attached hydrogen (secondary N) is 1. The highest BCUT2D eigenvalue weighted by Crippen LogP contribution is 2.25. The molecule has 0 bridgehead atoms. The molecule has 4 nitrogen and oxygen atoms in total. The highest BCUT2D eigenvalue weighted by atomic mass is 16.5. The fourth-order valence-electron chi connectivity index (χ4n) is 2.41. The van der Waals surface area contributed by atoms with Gasteiger partial charge >= 0.3 is 0 Å². The third kappa shape index (κ3) is 3.97. The molecule has 1 aromatic rings. The van der Waals surface area contributed by atoms with Gasteiger partial charge < -0.3 is 15.0 Å². The normalized spacial score (nSPS) is 15.4. The summed E-state index contributed by atoms with van der Waals surface area (Å²) in [4.78, 5) is 13.9. The number of amides is 1. The number of benzene rings is 1. The van der Waals surface area contributed by atoms with Crippen LogP contribution in [0.15, 0.2) is 24.3 Å². The van der Waals surface area contributed by atoms with Crippen molar-refractivity contribution in [1.82, 2.24) is 10.2 Å². The van der Waals surface area contributed by atoms with Gasteiger partial charge in [0.2, 0.25) is 5.91 Å². The lowest BCUT2D eigenvalue weighted by atomic mass is 10.0. The number of piperazine rings is 1.